The summed E-state index contributed by atoms with van der Waals surface area (Å²) in [6.45, 7) is 4.62. The number of carbonyl (C=O) groups excluding carboxylic acids is 1. The first-order valence-corrected chi connectivity index (χ1v) is 15.9. The van der Waals surface area contributed by atoms with Crippen molar-refractivity contribution < 1.29 is 50.5 Å². The number of hydrogen-bond donors (Lipinski definition) is 1. The van der Waals surface area contributed by atoms with E-state index < -0.39 is 53.3 Å². The monoisotopic (exact) mass is 705 g/mol. The van der Waals surface area contributed by atoms with Gasteiger partial charge in [0.15, 0.2) is 0 Å². The van der Waals surface area contributed by atoms with Crippen molar-refractivity contribution in [2.24, 2.45) is 0 Å². The smallest absolute Gasteiger partial charge is 0.416 e. The number of carboxylic acid groups (broad SMARTS) is 1. The molecule has 8 nitrogen and oxygen atoms in total. The van der Waals surface area contributed by atoms with Crippen LogP contribution in [-0.4, -0.2) is 53.3 Å². The molecule has 49 heavy (non-hydrogen) atoms. The maximum Gasteiger partial charge on any atom is 0.416 e. The average Bonchev–Trinajstić information content (AvgIpc) is 3.54. The predicted octanol–water partition coefficient (Wildman–Crippen LogP) is 8.82. The summed E-state index contributed by atoms with van der Waals surface area (Å²) in [6, 6.07) is 10.8. The van der Waals surface area contributed by atoms with Crippen LogP contribution in [0.25, 0.3) is 21.6 Å². The van der Waals surface area contributed by atoms with E-state index in [-0.39, 0.29) is 17.5 Å². The molecular weight excluding hydrogens is 676 g/mol. The minimum absolute atomic E-state index is 0.0296. The van der Waals surface area contributed by atoms with Crippen molar-refractivity contribution >= 4 is 29.2 Å². The van der Waals surface area contributed by atoms with Crippen LogP contribution in [0.4, 0.5) is 37.0 Å². The number of hydrogen-bond acceptors (Lipinski definition) is 7. The number of ether oxygens (including phenoxy) is 2. The number of aryl methyl sites for hydroxylation is 1. The number of amides is 1. The third-order valence-electron chi connectivity index (χ3n) is 8.67. The number of alkyl halides is 6. The van der Waals surface area contributed by atoms with Gasteiger partial charge in [0.1, 0.15) is 22.5 Å². The van der Waals surface area contributed by atoms with Crippen LogP contribution in [0.15, 0.2) is 54.6 Å². The van der Waals surface area contributed by atoms with Gasteiger partial charge in [-0.15, -0.1) is 11.3 Å². The summed E-state index contributed by atoms with van der Waals surface area (Å²) in [5.74, 6) is 0.0327. The van der Waals surface area contributed by atoms with Crippen LogP contribution in [0, 0.1) is 6.92 Å². The van der Waals surface area contributed by atoms with E-state index >= 15 is 0 Å². The van der Waals surface area contributed by atoms with Crippen LogP contribution in [0.3, 0.4) is 0 Å². The summed E-state index contributed by atoms with van der Waals surface area (Å²) in [5.41, 5.74) is -0.463. The zero-order valence-corrected chi connectivity index (χ0v) is 27.1. The minimum atomic E-state index is -5.07. The molecule has 258 valence electrons. The fourth-order valence-electron chi connectivity index (χ4n) is 5.98. The fraction of sp³-hybridized carbons (Fsp3) is 0.324. The standard InChI is InChI=1S/C34H29F6N3O5S/c1-17-11-27(31(44)45)49-30(17)19-5-7-26(47-3)24(14-19)23-6-8-28(42-9-4-10-42)41-25(23)16-43-18(2)29(48-32(43)46)20-12-21(33(35,36)37)15-22(13-20)34(38,39)40/h5-8,11-15,18,29H,4,9-10,16H2,1-3H3,(H,44,45)/t18-,29-/m0/s1. The largest absolute Gasteiger partial charge is 0.496 e. The number of nitrogens with zero attached hydrogens (tertiary/aromatic N) is 3. The number of aromatic carboxylic acids is 1. The summed E-state index contributed by atoms with van der Waals surface area (Å²) >= 11 is 1.12. The maximum absolute atomic E-state index is 13.6. The lowest BCUT2D eigenvalue weighted by Gasteiger charge is -2.33. The number of anilines is 1. The second-order valence-corrected chi connectivity index (χ2v) is 12.9. The van der Waals surface area contributed by atoms with Crippen molar-refractivity contribution in [1.82, 2.24) is 9.88 Å². The van der Waals surface area contributed by atoms with Crippen molar-refractivity contribution in [3.8, 4) is 27.3 Å². The van der Waals surface area contributed by atoms with Gasteiger partial charge in [0.05, 0.1) is 36.5 Å². The van der Waals surface area contributed by atoms with Crippen LogP contribution in [0.2, 0.25) is 0 Å². The van der Waals surface area contributed by atoms with Gasteiger partial charge >= 0.3 is 24.4 Å². The Labute approximate surface area is 280 Å². The van der Waals surface area contributed by atoms with Gasteiger partial charge in [0, 0.05) is 29.1 Å². The molecule has 0 aliphatic carbocycles. The number of halogens is 6. The number of benzene rings is 2. The Morgan fingerprint density at radius 1 is 1.00 bits per heavy atom. The zero-order valence-electron chi connectivity index (χ0n) is 26.3. The van der Waals surface area contributed by atoms with Crippen LogP contribution in [0.5, 0.6) is 5.75 Å². The number of aromatic nitrogens is 1. The average molecular weight is 706 g/mol. The van der Waals surface area contributed by atoms with Crippen LogP contribution < -0.4 is 9.64 Å². The fourth-order valence-corrected chi connectivity index (χ4v) is 6.98. The molecule has 0 unspecified atom stereocenters. The van der Waals surface area contributed by atoms with E-state index in [1.165, 1.54) is 18.9 Å². The van der Waals surface area contributed by atoms with Gasteiger partial charge in [0.25, 0.3) is 0 Å². The van der Waals surface area contributed by atoms with Crippen molar-refractivity contribution in [2.45, 2.75) is 51.3 Å². The number of carbonyl (C=O) groups is 2. The molecule has 2 aliphatic rings. The number of carboxylic acids is 1. The molecule has 0 spiro atoms. The Morgan fingerprint density at radius 3 is 2.22 bits per heavy atom. The van der Waals surface area contributed by atoms with E-state index in [1.807, 2.05) is 23.1 Å². The van der Waals surface area contributed by atoms with E-state index in [9.17, 15) is 41.0 Å². The Bertz CT molecular complexity index is 1910. The summed E-state index contributed by atoms with van der Waals surface area (Å²) in [4.78, 5) is 33.9. The lowest BCUT2D eigenvalue weighted by atomic mass is 9.96. The summed E-state index contributed by atoms with van der Waals surface area (Å²) in [5, 5.41) is 9.52. The van der Waals surface area contributed by atoms with E-state index in [4.69, 9.17) is 14.5 Å². The van der Waals surface area contributed by atoms with Crippen molar-refractivity contribution in [3.63, 3.8) is 0 Å². The van der Waals surface area contributed by atoms with Crippen molar-refractivity contribution in [3.05, 3.63) is 87.4 Å². The molecule has 2 atom stereocenters. The quantitative estimate of drug-likeness (QED) is 0.183. The highest BCUT2D eigenvalue weighted by Crippen LogP contribution is 2.43. The third kappa shape index (κ3) is 6.63. The van der Waals surface area contributed by atoms with E-state index in [2.05, 4.69) is 0 Å². The van der Waals surface area contributed by atoms with Crippen molar-refractivity contribution in [2.75, 3.05) is 25.1 Å². The molecule has 2 aromatic heterocycles. The molecule has 2 saturated heterocycles. The summed E-state index contributed by atoms with van der Waals surface area (Å²) < 4.78 is 92.9. The third-order valence-corrected chi connectivity index (χ3v) is 9.94. The molecule has 1 N–H and O–H groups in total. The number of cyclic esters (lactones) is 1. The Kier molecular flexibility index (Phi) is 8.76. The zero-order chi connectivity index (χ0) is 35.4. The number of thiophene rings is 1. The number of methoxy groups -OCH3 is 1. The molecule has 0 saturated carbocycles. The van der Waals surface area contributed by atoms with Gasteiger partial charge in [-0.05, 0) is 91.6 Å². The van der Waals surface area contributed by atoms with Crippen LogP contribution in [0.1, 0.15) is 57.1 Å². The van der Waals surface area contributed by atoms with Crippen LogP contribution >= 0.6 is 11.3 Å². The molecule has 6 rings (SSSR count). The Balaban J connectivity index is 1.41. The normalized spacial score (nSPS) is 18.0. The number of rotatable bonds is 8. The van der Waals surface area contributed by atoms with Crippen molar-refractivity contribution in [1.29, 1.82) is 0 Å². The molecule has 0 bridgehead atoms. The minimum Gasteiger partial charge on any atom is -0.496 e. The Morgan fingerprint density at radius 2 is 1.67 bits per heavy atom. The number of pyridine rings is 1. The van der Waals surface area contributed by atoms with E-state index in [0.29, 0.717) is 46.1 Å². The molecule has 2 fully saturated rings. The molecule has 15 heteroatoms. The van der Waals surface area contributed by atoms with Gasteiger partial charge in [-0.2, -0.15) is 26.3 Å². The molecule has 4 aromatic rings. The highest BCUT2D eigenvalue weighted by atomic mass is 32.1. The second kappa shape index (κ2) is 12.6. The predicted molar refractivity (Wildman–Crippen MR) is 169 cm³/mol. The lowest BCUT2D eigenvalue weighted by molar-refractivity contribution is -0.143. The van der Waals surface area contributed by atoms with Gasteiger partial charge in [-0.1, -0.05) is 0 Å². The first-order chi connectivity index (χ1) is 23.0. The molecule has 2 aromatic carbocycles. The summed E-state index contributed by atoms with van der Waals surface area (Å²) in [7, 11) is 1.48. The molecule has 4 heterocycles. The lowest BCUT2D eigenvalue weighted by Crippen LogP contribution is -2.38. The van der Waals surface area contributed by atoms with Crippen LogP contribution in [-0.2, 0) is 23.6 Å². The highest BCUT2D eigenvalue weighted by Gasteiger charge is 2.43. The van der Waals surface area contributed by atoms with Gasteiger partial charge in [-0.3, -0.25) is 4.90 Å². The second-order valence-electron chi connectivity index (χ2n) is 11.9. The first kappa shape index (κ1) is 34.1. The molecule has 2 aliphatic heterocycles. The van der Waals surface area contributed by atoms with E-state index in [0.717, 1.165) is 41.3 Å². The van der Waals surface area contributed by atoms with Gasteiger partial charge in [-0.25, -0.2) is 14.6 Å². The first-order valence-electron chi connectivity index (χ1n) is 15.1. The summed E-state index contributed by atoms with van der Waals surface area (Å²) in [6.07, 6.45) is -11.5. The Hall–Kier alpha value is -4.79. The maximum atomic E-state index is 13.6. The molecular formula is C34H29F6N3O5S. The molecule has 1 amide bonds. The SMILES string of the molecule is COc1ccc(-c2sc(C(=O)O)cc2C)cc1-c1ccc(N2CCC2)nc1CN1C(=O)O[C@H](c2cc(C(F)(F)F)cc(C(F)(F)F)c2)[C@@H]1C. The topological polar surface area (TPSA) is 92.2 Å². The van der Waals surface area contributed by atoms with E-state index in [1.54, 1.807) is 25.1 Å². The van der Waals surface area contributed by atoms with Gasteiger partial charge in [0.2, 0.25) is 0 Å². The van der Waals surface area contributed by atoms with Gasteiger partial charge < -0.3 is 19.5 Å². The molecule has 0 radical (unpaired) electrons. The highest BCUT2D eigenvalue weighted by molar-refractivity contribution is 7.17.